The van der Waals surface area contributed by atoms with Gasteiger partial charge in [-0.1, -0.05) is 67.1 Å². The van der Waals surface area contributed by atoms with Gasteiger partial charge in [-0.15, -0.1) is 11.3 Å². The molecule has 0 bridgehead atoms. The lowest BCUT2D eigenvalue weighted by atomic mass is 9.95. The first-order chi connectivity index (χ1) is 14.5. The molecule has 0 aliphatic heterocycles. The summed E-state index contributed by atoms with van der Waals surface area (Å²) in [7, 11) is 1.65. The van der Waals surface area contributed by atoms with Crippen molar-refractivity contribution in [1.29, 1.82) is 0 Å². The highest BCUT2D eigenvalue weighted by atomic mass is 35.5. The number of benzene rings is 2. The molecular formula is C25H27ClN2OS. The Morgan fingerprint density at radius 1 is 1.20 bits per heavy atom. The Hall–Kier alpha value is -2.48. The zero-order valence-corrected chi connectivity index (χ0v) is 19.5. The number of aromatic nitrogens is 1. The third-order valence-electron chi connectivity index (χ3n) is 4.92. The van der Waals surface area contributed by atoms with Crippen LogP contribution in [0, 0.1) is 25.7 Å². The van der Waals surface area contributed by atoms with Crippen LogP contribution in [0.3, 0.4) is 0 Å². The van der Waals surface area contributed by atoms with E-state index in [4.69, 9.17) is 21.3 Å². The monoisotopic (exact) mass is 438 g/mol. The molecule has 3 aromatic rings. The maximum Gasteiger partial charge on any atom is 0.184 e. The fraction of sp³-hybridized carbons (Fsp3) is 0.320. The summed E-state index contributed by atoms with van der Waals surface area (Å²) < 4.78 is 5.36. The minimum absolute atomic E-state index is 0.271. The number of hydrogen-bond donors (Lipinski definition) is 1. The predicted octanol–water partition coefficient (Wildman–Crippen LogP) is 7.09. The molecule has 3 rings (SSSR count). The molecule has 156 valence electrons. The van der Waals surface area contributed by atoms with Gasteiger partial charge in [0.15, 0.2) is 5.13 Å². The van der Waals surface area contributed by atoms with Crippen molar-refractivity contribution in [2.75, 3.05) is 19.0 Å². The van der Waals surface area contributed by atoms with Gasteiger partial charge in [0.25, 0.3) is 0 Å². The first-order valence-electron chi connectivity index (χ1n) is 10.1. The minimum atomic E-state index is 0.271. The summed E-state index contributed by atoms with van der Waals surface area (Å²) in [6.07, 6.45) is 2.17. The second kappa shape index (κ2) is 10.5. The van der Waals surface area contributed by atoms with E-state index in [2.05, 4.69) is 55.3 Å². The van der Waals surface area contributed by atoms with Gasteiger partial charge < -0.3 is 10.1 Å². The number of nitrogens with one attached hydrogen (secondary N) is 1. The highest BCUT2D eigenvalue weighted by Crippen LogP contribution is 2.37. The Bertz CT molecular complexity index is 1050. The summed E-state index contributed by atoms with van der Waals surface area (Å²) in [4.78, 5) is 5.88. The SMILES string of the molecule is CCC[C@H](C#CCNc1nc(-c2cc(C)c(OC)cc2Cl)c(C)s1)c1ccccc1. The molecule has 1 heterocycles. The molecule has 0 amide bonds. The fourth-order valence-electron chi connectivity index (χ4n) is 3.38. The van der Waals surface area contributed by atoms with Gasteiger partial charge in [0.1, 0.15) is 5.75 Å². The number of nitrogens with zero attached hydrogens (tertiary/aromatic N) is 1. The van der Waals surface area contributed by atoms with E-state index >= 15 is 0 Å². The number of halogens is 1. The lowest BCUT2D eigenvalue weighted by Crippen LogP contribution is -2.00. The van der Waals surface area contributed by atoms with Gasteiger partial charge in [-0.05, 0) is 43.5 Å². The third-order valence-corrected chi connectivity index (χ3v) is 6.16. The van der Waals surface area contributed by atoms with Gasteiger partial charge >= 0.3 is 0 Å². The highest BCUT2D eigenvalue weighted by molar-refractivity contribution is 7.16. The van der Waals surface area contributed by atoms with E-state index in [1.165, 1.54) is 5.56 Å². The molecule has 5 heteroatoms. The van der Waals surface area contributed by atoms with Crippen molar-refractivity contribution in [3.63, 3.8) is 0 Å². The molecule has 1 aromatic heterocycles. The topological polar surface area (TPSA) is 34.2 Å². The quantitative estimate of drug-likeness (QED) is 0.400. The molecule has 1 N–H and O–H groups in total. The van der Waals surface area contributed by atoms with Crippen LogP contribution in [0.2, 0.25) is 5.02 Å². The summed E-state index contributed by atoms with van der Waals surface area (Å²) >= 11 is 8.11. The van der Waals surface area contributed by atoms with Gasteiger partial charge in [-0.3, -0.25) is 0 Å². The van der Waals surface area contributed by atoms with E-state index in [0.29, 0.717) is 11.6 Å². The molecule has 0 aliphatic carbocycles. The molecule has 2 aromatic carbocycles. The van der Waals surface area contributed by atoms with E-state index in [0.717, 1.165) is 45.4 Å². The van der Waals surface area contributed by atoms with E-state index in [1.54, 1.807) is 18.4 Å². The van der Waals surface area contributed by atoms with Gasteiger partial charge in [0.2, 0.25) is 0 Å². The Balaban J connectivity index is 1.72. The average molecular weight is 439 g/mol. The first-order valence-corrected chi connectivity index (χ1v) is 11.3. The zero-order chi connectivity index (χ0) is 21.5. The Morgan fingerprint density at radius 2 is 1.97 bits per heavy atom. The molecule has 0 fully saturated rings. The summed E-state index contributed by atoms with van der Waals surface area (Å²) in [5.41, 5.74) is 4.14. The van der Waals surface area contributed by atoms with Crippen LogP contribution in [0.5, 0.6) is 5.75 Å². The van der Waals surface area contributed by atoms with Gasteiger partial charge in [-0.25, -0.2) is 4.98 Å². The number of anilines is 1. The number of hydrogen-bond acceptors (Lipinski definition) is 4. The van der Waals surface area contributed by atoms with Crippen LogP contribution in [0.4, 0.5) is 5.13 Å². The van der Waals surface area contributed by atoms with E-state index in [-0.39, 0.29) is 5.92 Å². The summed E-state index contributed by atoms with van der Waals surface area (Å²) in [5.74, 6) is 7.76. The molecule has 0 unspecified atom stereocenters. The number of rotatable bonds is 7. The van der Waals surface area contributed by atoms with Gasteiger partial charge in [0, 0.05) is 16.4 Å². The van der Waals surface area contributed by atoms with Crippen molar-refractivity contribution in [2.45, 2.75) is 39.5 Å². The fourth-order valence-corrected chi connectivity index (χ4v) is 4.44. The molecule has 0 aliphatic rings. The number of thiazole rings is 1. The largest absolute Gasteiger partial charge is 0.496 e. The maximum atomic E-state index is 6.49. The van der Waals surface area contributed by atoms with E-state index in [1.807, 2.05) is 25.1 Å². The summed E-state index contributed by atoms with van der Waals surface area (Å²) in [6.45, 7) is 6.83. The van der Waals surface area contributed by atoms with Crippen molar-refractivity contribution < 1.29 is 4.74 Å². The predicted molar refractivity (Wildman–Crippen MR) is 129 cm³/mol. The van der Waals surface area contributed by atoms with Crippen LogP contribution in [0.25, 0.3) is 11.3 Å². The van der Waals surface area contributed by atoms with Crippen LogP contribution >= 0.6 is 22.9 Å². The van der Waals surface area contributed by atoms with Gasteiger partial charge in [0.05, 0.1) is 24.4 Å². The minimum Gasteiger partial charge on any atom is -0.496 e. The second-order valence-electron chi connectivity index (χ2n) is 7.15. The summed E-state index contributed by atoms with van der Waals surface area (Å²) in [5, 5.41) is 4.84. The lowest BCUT2D eigenvalue weighted by Gasteiger charge is -2.09. The Kier molecular flexibility index (Phi) is 7.79. The van der Waals surface area contributed by atoms with E-state index in [9.17, 15) is 0 Å². The molecule has 0 radical (unpaired) electrons. The highest BCUT2D eigenvalue weighted by Gasteiger charge is 2.15. The van der Waals surface area contributed by atoms with Crippen molar-refractivity contribution in [3.05, 3.63) is 63.5 Å². The molecular weight excluding hydrogens is 412 g/mol. The number of ether oxygens (including phenoxy) is 1. The standard InChI is InChI=1S/C25H27ClN2OS/c1-5-10-19(20-11-7-6-8-12-20)13-9-14-27-25-28-24(18(3)30-25)21-15-17(2)23(29-4)16-22(21)26/h6-8,11-12,15-16,19H,5,10,14H2,1-4H3,(H,27,28)/t19-/m1/s1. The Labute approximate surface area is 188 Å². The van der Waals surface area contributed by atoms with Crippen LogP contribution in [0.1, 0.15) is 41.7 Å². The third kappa shape index (κ3) is 5.36. The van der Waals surface area contributed by atoms with Crippen molar-refractivity contribution >= 4 is 28.1 Å². The van der Waals surface area contributed by atoms with Crippen molar-refractivity contribution in [3.8, 4) is 28.8 Å². The molecule has 1 atom stereocenters. The molecule has 0 saturated heterocycles. The van der Waals surface area contributed by atoms with Crippen LogP contribution in [-0.2, 0) is 0 Å². The normalized spacial score (nSPS) is 11.5. The van der Waals surface area contributed by atoms with Crippen LogP contribution in [-0.4, -0.2) is 18.6 Å². The second-order valence-corrected chi connectivity index (χ2v) is 8.76. The van der Waals surface area contributed by atoms with Crippen LogP contribution in [0.15, 0.2) is 42.5 Å². The molecule has 30 heavy (non-hydrogen) atoms. The summed E-state index contributed by atoms with van der Waals surface area (Å²) in [6, 6.07) is 14.4. The van der Waals surface area contributed by atoms with Gasteiger partial charge in [-0.2, -0.15) is 0 Å². The van der Waals surface area contributed by atoms with E-state index < -0.39 is 0 Å². The maximum absolute atomic E-state index is 6.49. The number of aryl methyl sites for hydroxylation is 2. The lowest BCUT2D eigenvalue weighted by molar-refractivity contribution is 0.412. The molecule has 0 spiro atoms. The van der Waals surface area contributed by atoms with Crippen molar-refractivity contribution in [1.82, 2.24) is 4.98 Å². The van der Waals surface area contributed by atoms with Crippen molar-refractivity contribution in [2.24, 2.45) is 0 Å². The van der Waals surface area contributed by atoms with Crippen LogP contribution < -0.4 is 10.1 Å². The zero-order valence-electron chi connectivity index (χ0n) is 17.9. The smallest absolute Gasteiger partial charge is 0.184 e. The molecule has 0 saturated carbocycles. The Morgan fingerprint density at radius 3 is 2.67 bits per heavy atom. The average Bonchev–Trinajstić information content (AvgIpc) is 3.12. The first kappa shape index (κ1) is 22.2. The molecule has 3 nitrogen and oxygen atoms in total. The number of methoxy groups -OCH3 is 1.